The molecule has 1 saturated heterocycles. The third-order valence-electron chi connectivity index (χ3n) is 5.39. The second-order valence-corrected chi connectivity index (χ2v) is 9.48. The average molecular weight is 417 g/mol. The Balaban J connectivity index is 1.59. The van der Waals surface area contributed by atoms with Crippen LogP contribution in [0.15, 0.2) is 53.4 Å². The number of ether oxygens (including phenoxy) is 1. The molecule has 29 heavy (non-hydrogen) atoms. The molecular weight excluding hydrogens is 388 g/mol. The van der Waals surface area contributed by atoms with Gasteiger partial charge in [-0.3, -0.25) is 4.79 Å². The molecule has 0 spiro atoms. The number of amides is 1. The molecule has 0 bridgehead atoms. The molecule has 0 radical (unpaired) electrons. The Hall–Kier alpha value is -2.38. The van der Waals surface area contributed by atoms with E-state index < -0.39 is 10.0 Å². The van der Waals surface area contributed by atoms with E-state index >= 15 is 0 Å². The van der Waals surface area contributed by atoms with Crippen LogP contribution in [0.2, 0.25) is 0 Å². The van der Waals surface area contributed by atoms with Crippen LogP contribution in [-0.4, -0.2) is 50.8 Å². The number of nitrogens with zero attached hydrogens (tertiary/aromatic N) is 2. The van der Waals surface area contributed by atoms with Crippen molar-refractivity contribution >= 4 is 15.9 Å². The fourth-order valence-corrected chi connectivity index (χ4v) is 5.11. The van der Waals surface area contributed by atoms with Gasteiger partial charge >= 0.3 is 0 Å². The van der Waals surface area contributed by atoms with Crippen molar-refractivity contribution < 1.29 is 17.9 Å². The number of benzene rings is 2. The lowest BCUT2D eigenvalue weighted by Crippen LogP contribution is -2.43. The Morgan fingerprint density at radius 3 is 2.41 bits per heavy atom. The lowest BCUT2D eigenvalue weighted by atomic mass is 9.96. The zero-order valence-corrected chi connectivity index (χ0v) is 18.0. The van der Waals surface area contributed by atoms with Crippen LogP contribution >= 0.6 is 0 Å². The van der Waals surface area contributed by atoms with Crippen molar-refractivity contribution in [1.29, 1.82) is 0 Å². The van der Waals surface area contributed by atoms with Crippen molar-refractivity contribution in [2.75, 3.05) is 27.2 Å². The third kappa shape index (κ3) is 4.97. The molecule has 1 amide bonds. The lowest BCUT2D eigenvalue weighted by molar-refractivity contribution is -0.135. The van der Waals surface area contributed by atoms with Crippen LogP contribution in [-0.2, 0) is 21.4 Å². The third-order valence-corrected chi connectivity index (χ3v) is 7.30. The van der Waals surface area contributed by atoms with E-state index in [2.05, 4.69) is 0 Å². The molecule has 0 atom stereocenters. The summed E-state index contributed by atoms with van der Waals surface area (Å²) in [4.78, 5) is 14.9. The van der Waals surface area contributed by atoms with E-state index in [0.29, 0.717) is 37.4 Å². The summed E-state index contributed by atoms with van der Waals surface area (Å²) in [6.45, 7) is 3.15. The number of carbonyl (C=O) groups is 1. The maximum Gasteiger partial charge on any atom is 0.243 e. The van der Waals surface area contributed by atoms with E-state index in [1.807, 2.05) is 31.2 Å². The molecule has 0 unspecified atom stereocenters. The molecule has 156 valence electrons. The van der Waals surface area contributed by atoms with Gasteiger partial charge in [0.2, 0.25) is 15.9 Å². The average Bonchev–Trinajstić information content (AvgIpc) is 2.73. The Morgan fingerprint density at radius 1 is 1.14 bits per heavy atom. The minimum Gasteiger partial charge on any atom is -0.497 e. The number of rotatable bonds is 6. The summed E-state index contributed by atoms with van der Waals surface area (Å²) in [6.07, 6.45) is 1.07. The van der Waals surface area contributed by atoms with Gasteiger partial charge in [-0.25, -0.2) is 8.42 Å². The van der Waals surface area contributed by atoms with Crippen molar-refractivity contribution in [3.05, 3.63) is 59.7 Å². The number of sulfonamides is 1. The van der Waals surface area contributed by atoms with Gasteiger partial charge in [0.05, 0.1) is 12.0 Å². The fourth-order valence-electron chi connectivity index (χ4n) is 3.64. The predicted octanol–water partition coefficient (Wildman–Crippen LogP) is 3.06. The van der Waals surface area contributed by atoms with Gasteiger partial charge in [-0.05, 0) is 49.6 Å². The molecule has 2 aromatic carbocycles. The summed E-state index contributed by atoms with van der Waals surface area (Å²) in [5, 5.41) is 0. The molecule has 0 aliphatic carbocycles. The molecule has 1 aliphatic rings. The zero-order valence-electron chi connectivity index (χ0n) is 17.2. The second-order valence-electron chi connectivity index (χ2n) is 7.54. The SMILES string of the molecule is COc1cccc(CN(C)C(=O)C2CCN(S(=O)(=O)c3ccc(C)cc3)CC2)c1. The molecule has 0 aromatic heterocycles. The highest BCUT2D eigenvalue weighted by atomic mass is 32.2. The summed E-state index contributed by atoms with van der Waals surface area (Å²) in [6, 6.07) is 14.5. The molecule has 3 rings (SSSR count). The van der Waals surface area contributed by atoms with Gasteiger partial charge < -0.3 is 9.64 Å². The van der Waals surface area contributed by atoms with Crippen LogP contribution in [0.4, 0.5) is 0 Å². The van der Waals surface area contributed by atoms with Gasteiger partial charge in [-0.1, -0.05) is 29.8 Å². The van der Waals surface area contributed by atoms with E-state index in [9.17, 15) is 13.2 Å². The van der Waals surface area contributed by atoms with Crippen molar-refractivity contribution in [3.63, 3.8) is 0 Å². The standard InChI is InChI=1S/C22H28N2O4S/c1-17-7-9-21(10-8-17)29(26,27)24-13-11-19(12-14-24)22(25)23(2)16-18-5-4-6-20(15-18)28-3/h4-10,15,19H,11-14,16H2,1-3H3. The molecule has 1 fully saturated rings. The first-order chi connectivity index (χ1) is 13.8. The highest BCUT2D eigenvalue weighted by Gasteiger charge is 2.33. The number of hydrogen-bond donors (Lipinski definition) is 0. The number of hydrogen-bond acceptors (Lipinski definition) is 4. The Morgan fingerprint density at radius 2 is 1.79 bits per heavy atom. The minimum absolute atomic E-state index is 0.0557. The summed E-state index contributed by atoms with van der Waals surface area (Å²) >= 11 is 0. The largest absolute Gasteiger partial charge is 0.497 e. The molecule has 1 heterocycles. The summed E-state index contributed by atoms with van der Waals surface area (Å²) < 4.78 is 32.4. The number of carbonyl (C=O) groups excluding carboxylic acids is 1. The molecular formula is C22H28N2O4S. The molecule has 0 saturated carbocycles. The highest BCUT2D eigenvalue weighted by molar-refractivity contribution is 7.89. The Kier molecular flexibility index (Phi) is 6.59. The molecule has 1 aliphatic heterocycles. The van der Waals surface area contributed by atoms with Gasteiger partial charge in [-0.15, -0.1) is 0 Å². The van der Waals surface area contributed by atoms with E-state index in [1.165, 1.54) is 4.31 Å². The van der Waals surface area contributed by atoms with E-state index in [1.54, 1.807) is 43.3 Å². The topological polar surface area (TPSA) is 66.9 Å². The van der Waals surface area contributed by atoms with Crippen LogP contribution in [0.5, 0.6) is 5.75 Å². The molecule has 6 nitrogen and oxygen atoms in total. The lowest BCUT2D eigenvalue weighted by Gasteiger charge is -2.32. The minimum atomic E-state index is -3.51. The van der Waals surface area contributed by atoms with Gasteiger partial charge in [-0.2, -0.15) is 4.31 Å². The molecule has 0 N–H and O–H groups in total. The quantitative estimate of drug-likeness (QED) is 0.726. The normalized spacial score (nSPS) is 15.8. The van der Waals surface area contributed by atoms with Crippen molar-refractivity contribution in [1.82, 2.24) is 9.21 Å². The van der Waals surface area contributed by atoms with Crippen LogP contribution in [0, 0.1) is 12.8 Å². The summed E-state index contributed by atoms with van der Waals surface area (Å²) in [7, 11) is -0.103. The number of piperidine rings is 1. The Bertz CT molecular complexity index is 949. The van der Waals surface area contributed by atoms with E-state index in [0.717, 1.165) is 16.9 Å². The predicted molar refractivity (Wildman–Crippen MR) is 112 cm³/mol. The van der Waals surface area contributed by atoms with Crippen molar-refractivity contribution in [2.45, 2.75) is 31.2 Å². The first-order valence-corrected chi connectivity index (χ1v) is 11.2. The summed E-state index contributed by atoms with van der Waals surface area (Å²) in [5.74, 6) is 0.660. The van der Waals surface area contributed by atoms with Gasteiger partial charge in [0.1, 0.15) is 5.75 Å². The van der Waals surface area contributed by atoms with Crippen molar-refractivity contribution in [2.24, 2.45) is 5.92 Å². The van der Waals surface area contributed by atoms with E-state index in [4.69, 9.17) is 4.74 Å². The second kappa shape index (κ2) is 8.97. The van der Waals surface area contributed by atoms with Crippen LogP contribution in [0.1, 0.15) is 24.0 Å². The molecule has 2 aromatic rings. The highest BCUT2D eigenvalue weighted by Crippen LogP contribution is 2.25. The van der Waals surface area contributed by atoms with Crippen molar-refractivity contribution in [3.8, 4) is 5.75 Å². The van der Waals surface area contributed by atoms with Gasteiger partial charge in [0.25, 0.3) is 0 Å². The van der Waals surface area contributed by atoms with Gasteiger partial charge in [0, 0.05) is 32.6 Å². The number of aryl methyl sites for hydroxylation is 1. The van der Waals surface area contributed by atoms with Crippen LogP contribution < -0.4 is 4.74 Å². The zero-order chi connectivity index (χ0) is 21.0. The van der Waals surface area contributed by atoms with E-state index in [-0.39, 0.29) is 11.8 Å². The maximum atomic E-state index is 12.8. The van der Waals surface area contributed by atoms with Crippen LogP contribution in [0.25, 0.3) is 0 Å². The smallest absolute Gasteiger partial charge is 0.243 e. The summed E-state index contributed by atoms with van der Waals surface area (Å²) in [5.41, 5.74) is 2.02. The Labute approximate surface area is 173 Å². The van der Waals surface area contributed by atoms with Crippen LogP contribution in [0.3, 0.4) is 0 Å². The monoisotopic (exact) mass is 416 g/mol. The maximum absolute atomic E-state index is 12.8. The number of methoxy groups -OCH3 is 1. The first-order valence-electron chi connectivity index (χ1n) is 9.76. The fraction of sp³-hybridized carbons (Fsp3) is 0.409. The first kappa shape index (κ1) is 21.3. The van der Waals surface area contributed by atoms with Gasteiger partial charge in [0.15, 0.2) is 0 Å². The molecule has 7 heteroatoms.